The molecule has 1 nitrogen and oxygen atoms in total. The van der Waals surface area contributed by atoms with E-state index < -0.39 is 16.3 Å². The number of unbranched alkanes of at least 4 members (excludes halogenated alkanes) is 2. The average molecular weight is 286 g/mol. The second kappa shape index (κ2) is 6.94. The molecular formula is C15H35NSi2. The Kier molecular flexibility index (Phi) is 6.93. The fourth-order valence-corrected chi connectivity index (χ4v) is 3.76. The molecule has 0 aromatic rings. The summed E-state index contributed by atoms with van der Waals surface area (Å²) >= 11 is 0. The lowest BCUT2D eigenvalue weighted by Gasteiger charge is -2.36. The van der Waals surface area contributed by atoms with Crippen LogP contribution in [-0.2, 0) is 0 Å². The first-order valence-electron chi connectivity index (χ1n) is 7.38. The molecule has 0 unspecified atom stereocenters. The summed E-state index contributed by atoms with van der Waals surface area (Å²) in [7, 11) is -2.15. The highest BCUT2D eigenvalue weighted by atomic mass is 28.3. The lowest BCUT2D eigenvalue weighted by molar-refractivity contribution is 0.705. The summed E-state index contributed by atoms with van der Waals surface area (Å²) < 4.78 is 0. The first kappa shape index (κ1) is 18.0. The second-order valence-corrected chi connectivity index (χ2v) is 18.9. The van der Waals surface area contributed by atoms with Crippen molar-refractivity contribution in [3.8, 4) is 0 Å². The summed E-state index contributed by atoms with van der Waals surface area (Å²) in [6, 6.07) is 1.47. The quantitative estimate of drug-likeness (QED) is 0.474. The number of hydrogen-bond donors (Lipinski definition) is 1. The van der Waals surface area contributed by atoms with Gasteiger partial charge < -0.3 is 4.98 Å². The summed E-state index contributed by atoms with van der Waals surface area (Å²) in [6.07, 6.45) is 8.52. The van der Waals surface area contributed by atoms with Crippen LogP contribution in [0.15, 0.2) is 12.3 Å². The second-order valence-electron chi connectivity index (χ2n) is 8.23. The van der Waals surface area contributed by atoms with E-state index in [1.807, 2.05) is 0 Å². The van der Waals surface area contributed by atoms with Crippen LogP contribution >= 0.6 is 0 Å². The van der Waals surface area contributed by atoms with Gasteiger partial charge in [-0.1, -0.05) is 78.5 Å². The van der Waals surface area contributed by atoms with E-state index in [1.54, 1.807) is 0 Å². The third-order valence-electron chi connectivity index (χ3n) is 3.98. The molecule has 18 heavy (non-hydrogen) atoms. The van der Waals surface area contributed by atoms with Crippen LogP contribution in [0.5, 0.6) is 0 Å². The SMILES string of the molecule is CC(C)(C)[Si](C)(C)NC=CCCCC[Si](C)(C)C. The van der Waals surface area contributed by atoms with Crippen molar-refractivity contribution in [3.63, 3.8) is 0 Å². The van der Waals surface area contributed by atoms with Gasteiger partial charge in [0.05, 0.1) is 0 Å². The maximum Gasteiger partial charge on any atom is 0.152 e. The van der Waals surface area contributed by atoms with Gasteiger partial charge in [-0.3, -0.25) is 0 Å². The van der Waals surface area contributed by atoms with Gasteiger partial charge in [0.15, 0.2) is 8.24 Å². The summed E-state index contributed by atoms with van der Waals surface area (Å²) in [5, 5.41) is 0.412. The molecule has 0 atom stereocenters. The fourth-order valence-electron chi connectivity index (χ4n) is 1.48. The Balaban J connectivity index is 3.80. The third-order valence-corrected chi connectivity index (χ3v) is 10.5. The van der Waals surface area contributed by atoms with Gasteiger partial charge in [-0.2, -0.15) is 0 Å². The van der Waals surface area contributed by atoms with Crippen LogP contribution in [0.4, 0.5) is 0 Å². The van der Waals surface area contributed by atoms with E-state index in [-0.39, 0.29) is 0 Å². The van der Waals surface area contributed by atoms with Crippen molar-refractivity contribution < 1.29 is 0 Å². The Bertz CT molecular complexity index is 257. The molecule has 0 fully saturated rings. The zero-order chi connectivity index (χ0) is 14.4. The molecule has 0 saturated heterocycles. The number of nitrogens with one attached hydrogen (secondary N) is 1. The topological polar surface area (TPSA) is 12.0 Å². The number of rotatable bonds is 7. The predicted molar refractivity (Wildman–Crippen MR) is 91.5 cm³/mol. The zero-order valence-corrected chi connectivity index (χ0v) is 16.0. The Morgan fingerprint density at radius 2 is 1.50 bits per heavy atom. The van der Waals surface area contributed by atoms with E-state index in [2.05, 4.69) is 70.8 Å². The normalized spacial score (nSPS) is 14.2. The molecule has 0 aliphatic rings. The van der Waals surface area contributed by atoms with Crippen molar-refractivity contribution in [1.29, 1.82) is 0 Å². The monoisotopic (exact) mass is 285 g/mol. The lowest BCUT2D eigenvalue weighted by Crippen LogP contribution is -2.49. The molecule has 0 aromatic carbocycles. The standard InChI is InChI=1S/C15H35NSi2/c1-15(2,3)18(7,8)16-13-11-9-10-12-14-17(4,5)6/h11,13,16H,9-10,12,14H2,1-8H3. The Hall–Kier alpha value is -0.0262. The van der Waals surface area contributed by atoms with Crippen LogP contribution in [0.2, 0.25) is 43.8 Å². The molecule has 0 aliphatic carbocycles. The minimum Gasteiger partial charge on any atom is -0.416 e. The fraction of sp³-hybridized carbons (Fsp3) is 0.867. The smallest absolute Gasteiger partial charge is 0.152 e. The van der Waals surface area contributed by atoms with Gasteiger partial charge in [0, 0.05) is 8.07 Å². The van der Waals surface area contributed by atoms with Gasteiger partial charge in [-0.25, -0.2) is 0 Å². The first-order chi connectivity index (χ1) is 7.96. The molecule has 0 bridgehead atoms. The Morgan fingerprint density at radius 1 is 0.944 bits per heavy atom. The van der Waals surface area contributed by atoms with E-state index in [1.165, 1.54) is 25.3 Å². The van der Waals surface area contributed by atoms with Crippen molar-refractivity contribution in [2.75, 3.05) is 0 Å². The maximum absolute atomic E-state index is 3.67. The molecule has 0 spiro atoms. The van der Waals surface area contributed by atoms with Gasteiger partial charge in [0.25, 0.3) is 0 Å². The molecule has 0 radical (unpaired) electrons. The van der Waals surface area contributed by atoms with Gasteiger partial charge in [-0.15, -0.1) is 0 Å². The largest absolute Gasteiger partial charge is 0.416 e. The van der Waals surface area contributed by atoms with E-state index in [9.17, 15) is 0 Å². The summed E-state index contributed by atoms with van der Waals surface area (Å²) in [4.78, 5) is 3.67. The van der Waals surface area contributed by atoms with Gasteiger partial charge >= 0.3 is 0 Å². The van der Waals surface area contributed by atoms with Crippen molar-refractivity contribution >= 4 is 16.3 Å². The summed E-state index contributed by atoms with van der Waals surface area (Å²) in [6.45, 7) is 19.2. The average Bonchev–Trinajstić information content (AvgIpc) is 2.12. The van der Waals surface area contributed by atoms with Crippen LogP contribution in [0, 0.1) is 0 Å². The van der Waals surface area contributed by atoms with Crippen LogP contribution < -0.4 is 4.98 Å². The van der Waals surface area contributed by atoms with E-state index in [0.29, 0.717) is 5.04 Å². The third kappa shape index (κ3) is 8.14. The van der Waals surface area contributed by atoms with Crippen molar-refractivity contribution in [2.24, 2.45) is 0 Å². The molecular weight excluding hydrogens is 250 g/mol. The molecule has 0 saturated carbocycles. The maximum atomic E-state index is 3.67. The van der Waals surface area contributed by atoms with E-state index in [4.69, 9.17) is 0 Å². The van der Waals surface area contributed by atoms with Crippen LogP contribution in [0.3, 0.4) is 0 Å². The van der Waals surface area contributed by atoms with Crippen molar-refractivity contribution in [3.05, 3.63) is 12.3 Å². The molecule has 0 aliphatic heterocycles. The molecule has 3 heteroatoms. The highest BCUT2D eigenvalue weighted by molar-refractivity contribution is 6.78. The Labute approximate surface area is 118 Å². The molecule has 0 heterocycles. The minimum absolute atomic E-state index is 0.412. The summed E-state index contributed by atoms with van der Waals surface area (Å²) in [5.41, 5.74) is 0. The number of allylic oxidation sites excluding steroid dienone is 1. The first-order valence-corrected chi connectivity index (χ1v) is 14.1. The lowest BCUT2D eigenvalue weighted by atomic mass is 10.2. The van der Waals surface area contributed by atoms with Gasteiger partial charge in [0.2, 0.25) is 0 Å². The van der Waals surface area contributed by atoms with Crippen LogP contribution in [0.1, 0.15) is 40.0 Å². The molecule has 0 amide bonds. The minimum atomic E-state index is -1.33. The predicted octanol–water partition coefficient (Wildman–Crippen LogP) is 5.60. The van der Waals surface area contributed by atoms with Crippen LogP contribution in [-0.4, -0.2) is 16.3 Å². The molecule has 0 rings (SSSR count). The molecule has 1 N–H and O–H groups in total. The molecule has 108 valence electrons. The van der Waals surface area contributed by atoms with Crippen LogP contribution in [0.25, 0.3) is 0 Å². The summed E-state index contributed by atoms with van der Waals surface area (Å²) in [5.74, 6) is 0. The Morgan fingerprint density at radius 3 is 1.94 bits per heavy atom. The van der Waals surface area contributed by atoms with Crippen molar-refractivity contribution in [1.82, 2.24) is 4.98 Å². The van der Waals surface area contributed by atoms with Gasteiger partial charge in [0.1, 0.15) is 0 Å². The highest BCUT2D eigenvalue weighted by Crippen LogP contribution is 2.33. The zero-order valence-electron chi connectivity index (χ0n) is 14.0. The van der Waals surface area contributed by atoms with E-state index >= 15 is 0 Å². The molecule has 0 aromatic heterocycles. The van der Waals surface area contributed by atoms with Gasteiger partial charge in [-0.05, 0) is 17.7 Å². The van der Waals surface area contributed by atoms with E-state index in [0.717, 1.165) is 0 Å². The van der Waals surface area contributed by atoms with Crippen molar-refractivity contribution in [2.45, 2.75) is 83.9 Å². The highest BCUT2D eigenvalue weighted by Gasteiger charge is 2.34. The number of hydrogen-bond acceptors (Lipinski definition) is 1.